The lowest BCUT2D eigenvalue weighted by Crippen LogP contribution is -2.49. The highest BCUT2D eigenvalue weighted by atomic mass is 19.4. The Labute approximate surface area is 180 Å². The molecule has 1 aliphatic heterocycles. The van der Waals surface area contributed by atoms with E-state index >= 15 is 0 Å². The number of nitrogens with zero attached hydrogens (tertiary/aromatic N) is 2. The number of hydrogen-bond acceptors (Lipinski definition) is 5. The van der Waals surface area contributed by atoms with Gasteiger partial charge >= 0.3 is 12.1 Å². The first-order valence-electron chi connectivity index (χ1n) is 10.7. The van der Waals surface area contributed by atoms with Crippen LogP contribution in [0.1, 0.15) is 56.9 Å². The van der Waals surface area contributed by atoms with Crippen LogP contribution in [0.15, 0.2) is 12.3 Å². The lowest BCUT2D eigenvalue weighted by Gasteiger charge is -2.39. The Balaban J connectivity index is 1.77. The minimum atomic E-state index is -4.46. The molecule has 1 aliphatic carbocycles. The normalized spacial score (nSPS) is 24.8. The molecule has 1 saturated carbocycles. The summed E-state index contributed by atoms with van der Waals surface area (Å²) < 4.78 is 44.1. The van der Waals surface area contributed by atoms with Crippen molar-refractivity contribution in [3.8, 4) is 0 Å². The van der Waals surface area contributed by atoms with Crippen LogP contribution in [0.5, 0.6) is 0 Å². The van der Waals surface area contributed by atoms with E-state index in [1.54, 1.807) is 11.8 Å². The summed E-state index contributed by atoms with van der Waals surface area (Å²) in [6.07, 6.45) is -1.17. The molecule has 6 nitrogen and oxygen atoms in total. The fourth-order valence-electron chi connectivity index (χ4n) is 4.85. The zero-order valence-corrected chi connectivity index (χ0v) is 18.4. The number of alkyl halides is 3. The predicted molar refractivity (Wildman–Crippen MR) is 108 cm³/mol. The lowest BCUT2D eigenvalue weighted by molar-refractivity contribution is -0.145. The molecule has 2 aliphatic rings. The van der Waals surface area contributed by atoms with Crippen LogP contribution < -0.4 is 5.32 Å². The van der Waals surface area contributed by atoms with Crippen molar-refractivity contribution < 1.29 is 27.5 Å². The maximum Gasteiger partial charge on any atom is 0.417 e. The number of halogens is 3. The maximum absolute atomic E-state index is 13.6. The highest BCUT2D eigenvalue weighted by Crippen LogP contribution is 2.46. The zero-order valence-electron chi connectivity index (χ0n) is 18.4. The number of methoxy groups -OCH3 is 1. The zero-order chi connectivity index (χ0) is 23.0. The van der Waals surface area contributed by atoms with Gasteiger partial charge in [-0.15, -0.1) is 0 Å². The molecule has 3 rings (SSSR count). The summed E-state index contributed by atoms with van der Waals surface area (Å²) in [6.45, 7) is 6.32. The van der Waals surface area contributed by atoms with Crippen LogP contribution in [0, 0.1) is 11.3 Å². The first-order chi connectivity index (χ1) is 14.5. The molecule has 3 atom stereocenters. The third-order valence-electron chi connectivity index (χ3n) is 6.78. The third-order valence-corrected chi connectivity index (χ3v) is 6.78. The van der Waals surface area contributed by atoms with Crippen molar-refractivity contribution in [2.75, 3.05) is 13.7 Å². The summed E-state index contributed by atoms with van der Waals surface area (Å²) in [4.78, 5) is 31.0. The van der Waals surface area contributed by atoms with Crippen LogP contribution >= 0.6 is 0 Å². The first kappa shape index (κ1) is 23.5. The third kappa shape index (κ3) is 4.71. The quantitative estimate of drug-likeness (QED) is 0.710. The number of rotatable bonds is 5. The highest BCUT2D eigenvalue weighted by molar-refractivity contribution is 5.84. The average Bonchev–Trinajstić information content (AvgIpc) is 3.16. The second kappa shape index (κ2) is 8.76. The fraction of sp³-hybridized carbons (Fsp3) is 0.682. The van der Waals surface area contributed by atoms with E-state index in [1.165, 1.54) is 7.11 Å². The van der Waals surface area contributed by atoms with Crippen LogP contribution in [0.2, 0.25) is 0 Å². The Morgan fingerprint density at radius 2 is 2.03 bits per heavy atom. The summed E-state index contributed by atoms with van der Waals surface area (Å²) >= 11 is 0. The summed E-state index contributed by atoms with van der Waals surface area (Å²) in [5, 5.41) is 3.26. The van der Waals surface area contributed by atoms with Gasteiger partial charge in [-0.25, -0.2) is 0 Å². The molecule has 1 aromatic rings. The van der Waals surface area contributed by atoms with Crippen molar-refractivity contribution in [2.24, 2.45) is 11.3 Å². The fourth-order valence-corrected chi connectivity index (χ4v) is 4.85. The number of esters is 1. The van der Waals surface area contributed by atoms with Gasteiger partial charge in [-0.05, 0) is 43.7 Å². The number of ether oxygens (including phenoxy) is 1. The molecule has 0 bridgehead atoms. The molecule has 1 aromatic heterocycles. The van der Waals surface area contributed by atoms with Gasteiger partial charge in [0, 0.05) is 37.4 Å². The lowest BCUT2D eigenvalue weighted by atomic mass is 9.74. The van der Waals surface area contributed by atoms with Crippen molar-refractivity contribution in [3.05, 3.63) is 29.1 Å². The molecule has 0 spiro atoms. The topological polar surface area (TPSA) is 71.5 Å². The van der Waals surface area contributed by atoms with E-state index in [9.17, 15) is 22.8 Å². The molecule has 1 fully saturated rings. The van der Waals surface area contributed by atoms with E-state index in [0.29, 0.717) is 37.1 Å². The molecule has 1 amide bonds. The number of carbonyl (C=O) groups excluding carboxylic acids is 2. The molecule has 31 heavy (non-hydrogen) atoms. The molecular weight excluding hydrogens is 411 g/mol. The van der Waals surface area contributed by atoms with Gasteiger partial charge in [-0.3, -0.25) is 14.6 Å². The first-order valence-corrected chi connectivity index (χ1v) is 10.7. The van der Waals surface area contributed by atoms with E-state index < -0.39 is 23.2 Å². The summed E-state index contributed by atoms with van der Waals surface area (Å²) in [5.74, 6) is -0.323. The van der Waals surface area contributed by atoms with Crippen molar-refractivity contribution in [3.63, 3.8) is 0 Å². The van der Waals surface area contributed by atoms with Crippen LogP contribution in [0.4, 0.5) is 13.2 Å². The van der Waals surface area contributed by atoms with Gasteiger partial charge in [-0.2, -0.15) is 13.2 Å². The van der Waals surface area contributed by atoms with Gasteiger partial charge in [0.1, 0.15) is 6.04 Å². The van der Waals surface area contributed by atoms with Gasteiger partial charge in [0.05, 0.1) is 18.1 Å². The molecule has 0 saturated heterocycles. The molecule has 1 N–H and O–H groups in total. The number of fused-ring (bicyclic) bond motifs is 1. The Kier molecular flexibility index (Phi) is 6.64. The van der Waals surface area contributed by atoms with E-state index in [1.807, 2.05) is 13.8 Å². The van der Waals surface area contributed by atoms with Gasteiger partial charge in [0.25, 0.3) is 0 Å². The van der Waals surface area contributed by atoms with Crippen molar-refractivity contribution >= 4 is 11.9 Å². The molecule has 0 aromatic carbocycles. The highest BCUT2D eigenvalue weighted by Gasteiger charge is 2.50. The molecule has 2 heterocycles. The summed E-state index contributed by atoms with van der Waals surface area (Å²) in [7, 11) is 1.34. The average molecular weight is 441 g/mol. The number of aromatic nitrogens is 1. The Hall–Kier alpha value is -2.16. The number of nitrogens with one attached hydrogen (secondary N) is 1. The summed E-state index contributed by atoms with van der Waals surface area (Å²) in [6, 6.07) is 0.638. The standard InChI is InChI=1S/C22H30F3N3O3/c1-13(2)21(7-5-17(10-21)27-14(3)19(29)31-4)20(30)28-8-6-18-15(12-28)9-16(11-26-18)22(23,24)25/h9,11,13-14,17,27H,5-8,10,12H2,1-4H3/t14?,17-,21+/m1/s1. The largest absolute Gasteiger partial charge is 0.468 e. The van der Waals surface area contributed by atoms with Crippen LogP contribution in [0.3, 0.4) is 0 Å². The minimum Gasteiger partial charge on any atom is -0.468 e. The number of carbonyl (C=O) groups is 2. The smallest absolute Gasteiger partial charge is 0.417 e. The minimum absolute atomic E-state index is 0.00368. The van der Waals surface area contributed by atoms with Crippen molar-refractivity contribution in [2.45, 2.75) is 71.3 Å². The predicted octanol–water partition coefficient (Wildman–Crippen LogP) is 3.33. The number of pyridine rings is 1. The van der Waals surface area contributed by atoms with Crippen molar-refractivity contribution in [1.29, 1.82) is 0 Å². The molecule has 0 radical (unpaired) electrons. The number of amides is 1. The monoisotopic (exact) mass is 441 g/mol. The molecular formula is C22H30F3N3O3. The van der Waals surface area contributed by atoms with Crippen LogP contribution in [-0.2, 0) is 33.5 Å². The number of hydrogen-bond donors (Lipinski definition) is 1. The van der Waals surface area contributed by atoms with E-state index in [4.69, 9.17) is 4.74 Å². The Bertz CT molecular complexity index is 843. The van der Waals surface area contributed by atoms with Gasteiger partial charge < -0.3 is 15.0 Å². The second-order valence-corrected chi connectivity index (χ2v) is 8.97. The molecule has 172 valence electrons. The summed E-state index contributed by atoms with van der Waals surface area (Å²) in [5.41, 5.74) is -0.324. The van der Waals surface area contributed by atoms with Crippen LogP contribution in [-0.4, -0.2) is 47.5 Å². The Morgan fingerprint density at radius 3 is 2.65 bits per heavy atom. The molecule has 9 heteroatoms. The SMILES string of the molecule is COC(=O)C(C)N[C@@H]1CC[C@@](C(=O)N2CCc3ncc(C(F)(F)F)cc3C2)(C(C)C)C1. The van der Waals surface area contributed by atoms with Crippen molar-refractivity contribution in [1.82, 2.24) is 15.2 Å². The maximum atomic E-state index is 13.6. The molecule has 1 unspecified atom stereocenters. The van der Waals surface area contributed by atoms with Crippen LogP contribution in [0.25, 0.3) is 0 Å². The van der Waals surface area contributed by atoms with E-state index in [2.05, 4.69) is 10.3 Å². The van der Waals surface area contributed by atoms with Gasteiger partial charge in [0.15, 0.2) is 0 Å². The van der Waals surface area contributed by atoms with E-state index in [-0.39, 0.29) is 30.4 Å². The Morgan fingerprint density at radius 1 is 1.32 bits per heavy atom. The van der Waals surface area contributed by atoms with Gasteiger partial charge in [-0.1, -0.05) is 13.8 Å². The van der Waals surface area contributed by atoms with E-state index in [0.717, 1.165) is 18.7 Å². The van der Waals surface area contributed by atoms with Gasteiger partial charge in [0.2, 0.25) is 5.91 Å². The second-order valence-electron chi connectivity index (χ2n) is 8.97.